The van der Waals surface area contributed by atoms with Crippen molar-refractivity contribution in [3.8, 4) is 0 Å². The lowest BCUT2D eigenvalue weighted by Gasteiger charge is -2.19. The van der Waals surface area contributed by atoms with Gasteiger partial charge in [0.25, 0.3) is 0 Å². The van der Waals surface area contributed by atoms with Gasteiger partial charge in [-0.25, -0.2) is 4.79 Å². The van der Waals surface area contributed by atoms with Crippen LogP contribution in [-0.4, -0.2) is 33.9 Å². The summed E-state index contributed by atoms with van der Waals surface area (Å²) >= 11 is -2.15. The van der Waals surface area contributed by atoms with E-state index in [1.165, 1.54) is 13.3 Å². The highest BCUT2D eigenvalue weighted by Crippen LogP contribution is 2.12. The van der Waals surface area contributed by atoms with E-state index in [4.69, 9.17) is 0 Å². The molecule has 1 amide bonds. The Morgan fingerprint density at radius 3 is 2.71 bits per heavy atom. The van der Waals surface area contributed by atoms with Gasteiger partial charge in [0.1, 0.15) is 0 Å². The first-order valence-electron chi connectivity index (χ1n) is 3.86. The minimum absolute atomic E-state index is 0.0758. The maximum Gasteiger partial charge on any atom is 0.433 e. The molecule has 0 aliphatic carbocycles. The fourth-order valence-corrected chi connectivity index (χ4v) is 1.29. The molecule has 0 aliphatic heterocycles. The zero-order chi connectivity index (χ0) is 11.2. The zero-order valence-corrected chi connectivity index (χ0v) is 9.09. The van der Waals surface area contributed by atoms with E-state index in [2.05, 4.69) is 15.3 Å². The van der Waals surface area contributed by atoms with E-state index in [0.29, 0.717) is 0 Å². The minimum Gasteiger partial charge on any atom is -0.772 e. The van der Waals surface area contributed by atoms with E-state index in [9.17, 15) is 13.6 Å². The number of carbonyl (C=O) groups excluding carboxylic acids is 1. The minimum atomic E-state index is -2.15. The molecule has 0 fully saturated rings. The van der Waals surface area contributed by atoms with Gasteiger partial charge in [-0.3, -0.25) is 9.05 Å². The van der Waals surface area contributed by atoms with Crippen LogP contribution in [0.15, 0.2) is 5.16 Å². The standard InChI is InChI=1S/C7H14N2O4S/c1-7(2,5-14(11)12)4-9-13-6(10)8-3/h4H,5H2,1-3H3,(H,8,10)(H,11,12)/p-1. The molecule has 1 unspecified atom stereocenters. The first kappa shape index (κ1) is 13.1. The van der Waals surface area contributed by atoms with Crippen molar-refractivity contribution in [3.05, 3.63) is 0 Å². The number of oxime groups is 1. The molecule has 0 saturated carbocycles. The fraction of sp³-hybridized carbons (Fsp3) is 0.714. The number of carbonyl (C=O) groups is 1. The van der Waals surface area contributed by atoms with Crippen LogP contribution in [0.3, 0.4) is 0 Å². The van der Waals surface area contributed by atoms with Gasteiger partial charge >= 0.3 is 6.09 Å². The molecule has 1 N–H and O–H groups in total. The molecule has 0 heterocycles. The van der Waals surface area contributed by atoms with Gasteiger partial charge in [-0.2, -0.15) is 0 Å². The second kappa shape index (κ2) is 5.71. The van der Waals surface area contributed by atoms with Crippen LogP contribution in [0.2, 0.25) is 0 Å². The van der Waals surface area contributed by atoms with Crippen molar-refractivity contribution in [1.29, 1.82) is 0 Å². The summed E-state index contributed by atoms with van der Waals surface area (Å²) in [5.41, 5.74) is -0.652. The summed E-state index contributed by atoms with van der Waals surface area (Å²) in [6.45, 7) is 3.33. The number of rotatable bonds is 4. The second-order valence-corrected chi connectivity index (χ2v) is 4.20. The molecule has 1 atom stereocenters. The molecule has 0 bridgehead atoms. The Hall–Kier alpha value is -0.950. The molecule has 6 nitrogen and oxygen atoms in total. The van der Waals surface area contributed by atoms with Crippen LogP contribution in [0, 0.1) is 5.41 Å². The summed E-state index contributed by atoms with van der Waals surface area (Å²) in [6, 6.07) is 0. The Labute approximate surface area is 85.0 Å². The third-order valence-corrected chi connectivity index (χ3v) is 2.21. The van der Waals surface area contributed by atoms with E-state index in [0.717, 1.165) is 0 Å². The van der Waals surface area contributed by atoms with Gasteiger partial charge in [0, 0.05) is 18.2 Å². The normalized spacial score (nSPS) is 14.0. The summed E-state index contributed by atoms with van der Waals surface area (Å²) in [4.78, 5) is 14.9. The van der Waals surface area contributed by atoms with Gasteiger partial charge < -0.3 is 9.87 Å². The fourth-order valence-electron chi connectivity index (χ4n) is 0.604. The van der Waals surface area contributed by atoms with Crippen molar-refractivity contribution in [3.63, 3.8) is 0 Å². The van der Waals surface area contributed by atoms with Crippen molar-refractivity contribution in [2.24, 2.45) is 10.6 Å². The predicted molar refractivity (Wildman–Crippen MR) is 51.6 cm³/mol. The number of amides is 1. The maximum atomic E-state index is 10.6. The van der Waals surface area contributed by atoms with E-state index in [1.807, 2.05) is 0 Å². The topological polar surface area (TPSA) is 90.8 Å². The molecule has 0 aliphatic rings. The van der Waals surface area contributed by atoms with Crippen LogP contribution >= 0.6 is 0 Å². The van der Waals surface area contributed by atoms with Crippen LogP contribution in [0.25, 0.3) is 0 Å². The Kier molecular flexibility index (Phi) is 5.32. The van der Waals surface area contributed by atoms with Crippen molar-refractivity contribution < 1.29 is 18.4 Å². The van der Waals surface area contributed by atoms with Gasteiger partial charge in [0.15, 0.2) is 0 Å². The summed E-state index contributed by atoms with van der Waals surface area (Å²) in [5.74, 6) is -0.0758. The van der Waals surface area contributed by atoms with E-state index >= 15 is 0 Å². The molecular formula is C7H13N2O4S-. The highest BCUT2D eigenvalue weighted by atomic mass is 32.2. The number of hydrogen-bond donors (Lipinski definition) is 1. The van der Waals surface area contributed by atoms with Gasteiger partial charge in [0.2, 0.25) is 0 Å². The first-order valence-corrected chi connectivity index (χ1v) is 5.11. The average molecular weight is 221 g/mol. The smallest absolute Gasteiger partial charge is 0.433 e. The van der Waals surface area contributed by atoms with E-state index in [-0.39, 0.29) is 5.75 Å². The molecule has 7 heteroatoms. The van der Waals surface area contributed by atoms with Crippen LogP contribution in [0.1, 0.15) is 13.8 Å². The van der Waals surface area contributed by atoms with Crippen LogP contribution in [0.5, 0.6) is 0 Å². The molecule has 14 heavy (non-hydrogen) atoms. The summed E-state index contributed by atoms with van der Waals surface area (Å²) < 4.78 is 20.8. The van der Waals surface area contributed by atoms with Gasteiger partial charge in [-0.15, -0.1) is 0 Å². The molecule has 0 radical (unpaired) electrons. The largest absolute Gasteiger partial charge is 0.772 e. The Morgan fingerprint density at radius 1 is 1.71 bits per heavy atom. The molecule has 0 aromatic carbocycles. The highest BCUT2D eigenvalue weighted by molar-refractivity contribution is 7.79. The maximum absolute atomic E-state index is 10.6. The van der Waals surface area contributed by atoms with Gasteiger partial charge in [-0.1, -0.05) is 30.1 Å². The zero-order valence-electron chi connectivity index (χ0n) is 8.27. The molecule has 0 saturated heterocycles. The molecular weight excluding hydrogens is 208 g/mol. The first-order chi connectivity index (χ1) is 6.37. The Balaban J connectivity index is 4.07. The van der Waals surface area contributed by atoms with Crippen LogP contribution in [-0.2, 0) is 15.9 Å². The predicted octanol–water partition coefficient (Wildman–Crippen LogP) is 0.234. The summed E-state index contributed by atoms with van der Waals surface area (Å²) in [5, 5.41) is 5.55. The van der Waals surface area contributed by atoms with Crippen LogP contribution < -0.4 is 5.32 Å². The van der Waals surface area contributed by atoms with E-state index in [1.54, 1.807) is 13.8 Å². The Morgan fingerprint density at radius 2 is 2.29 bits per heavy atom. The number of hydrogen-bond acceptors (Lipinski definition) is 5. The van der Waals surface area contributed by atoms with E-state index < -0.39 is 22.6 Å². The lowest BCUT2D eigenvalue weighted by molar-refractivity contribution is 0.153. The molecule has 82 valence electrons. The third kappa shape index (κ3) is 6.55. The molecule has 0 aromatic rings. The van der Waals surface area contributed by atoms with Gasteiger partial charge in [0.05, 0.1) is 6.21 Å². The molecule has 0 rings (SSSR count). The van der Waals surface area contributed by atoms with Crippen molar-refractivity contribution >= 4 is 23.4 Å². The van der Waals surface area contributed by atoms with Crippen molar-refractivity contribution in [1.82, 2.24) is 5.32 Å². The van der Waals surface area contributed by atoms with Crippen LogP contribution in [0.4, 0.5) is 4.79 Å². The molecule has 0 spiro atoms. The SMILES string of the molecule is CNC(=O)ON=CC(C)(C)CS(=O)[O-]. The van der Waals surface area contributed by atoms with Crippen molar-refractivity contribution in [2.45, 2.75) is 13.8 Å². The quantitative estimate of drug-likeness (QED) is 0.318. The number of nitrogens with zero attached hydrogens (tertiary/aromatic N) is 1. The summed E-state index contributed by atoms with van der Waals surface area (Å²) in [7, 11) is 1.40. The lowest BCUT2D eigenvalue weighted by Crippen LogP contribution is -2.23. The monoisotopic (exact) mass is 221 g/mol. The average Bonchev–Trinajstić information content (AvgIpc) is 2.01. The molecule has 0 aromatic heterocycles. The number of nitrogens with one attached hydrogen (secondary N) is 1. The second-order valence-electron chi connectivity index (χ2n) is 3.30. The third-order valence-electron chi connectivity index (χ3n) is 1.23. The summed E-state index contributed by atoms with van der Waals surface area (Å²) in [6.07, 6.45) is 0.582. The lowest BCUT2D eigenvalue weighted by atomic mass is 9.99. The highest BCUT2D eigenvalue weighted by Gasteiger charge is 2.15. The Bertz CT molecular complexity index is 252. The van der Waals surface area contributed by atoms with Gasteiger partial charge in [-0.05, 0) is 0 Å². The van der Waals surface area contributed by atoms with Crippen molar-refractivity contribution in [2.75, 3.05) is 12.8 Å².